The highest BCUT2D eigenvalue weighted by molar-refractivity contribution is 5.25. The Morgan fingerprint density at radius 3 is 2.05 bits per heavy atom. The van der Waals surface area contributed by atoms with Gasteiger partial charge in [0.25, 0.3) is 0 Å². The highest BCUT2D eigenvalue weighted by atomic mass is 15.2. The first kappa shape index (κ1) is 16.2. The topological polar surface area (TPSA) is 29.3 Å². The SMILES string of the molecule is CCC(C)(C(N)Cc1ccc(C(C)C)cc1)N(C)C. The van der Waals surface area contributed by atoms with E-state index in [0.717, 1.165) is 12.8 Å². The molecule has 19 heavy (non-hydrogen) atoms. The van der Waals surface area contributed by atoms with Gasteiger partial charge in [-0.1, -0.05) is 45.0 Å². The molecule has 2 nitrogen and oxygen atoms in total. The molecule has 2 heteroatoms. The molecular formula is C17H30N2. The molecule has 2 atom stereocenters. The lowest BCUT2D eigenvalue weighted by atomic mass is 9.84. The summed E-state index contributed by atoms with van der Waals surface area (Å²) >= 11 is 0. The number of hydrogen-bond donors (Lipinski definition) is 1. The predicted octanol–water partition coefficient (Wildman–Crippen LogP) is 3.41. The molecule has 0 bridgehead atoms. The van der Waals surface area contributed by atoms with Crippen LogP contribution in [0.25, 0.3) is 0 Å². The summed E-state index contributed by atoms with van der Waals surface area (Å²) in [5, 5.41) is 0. The van der Waals surface area contributed by atoms with Crippen LogP contribution >= 0.6 is 0 Å². The van der Waals surface area contributed by atoms with Crippen LogP contribution < -0.4 is 5.73 Å². The van der Waals surface area contributed by atoms with Crippen molar-refractivity contribution in [2.75, 3.05) is 14.1 Å². The molecular weight excluding hydrogens is 232 g/mol. The maximum absolute atomic E-state index is 6.45. The normalized spacial score (nSPS) is 16.7. The van der Waals surface area contributed by atoms with E-state index < -0.39 is 0 Å². The van der Waals surface area contributed by atoms with Gasteiger partial charge in [0.05, 0.1) is 0 Å². The summed E-state index contributed by atoms with van der Waals surface area (Å²) in [6.45, 7) is 8.91. The first-order valence-corrected chi connectivity index (χ1v) is 7.33. The van der Waals surface area contributed by atoms with E-state index in [9.17, 15) is 0 Å². The summed E-state index contributed by atoms with van der Waals surface area (Å²) in [6.07, 6.45) is 1.99. The van der Waals surface area contributed by atoms with Gasteiger partial charge in [-0.15, -0.1) is 0 Å². The van der Waals surface area contributed by atoms with Gasteiger partial charge >= 0.3 is 0 Å². The Morgan fingerprint density at radius 1 is 1.16 bits per heavy atom. The number of nitrogens with zero attached hydrogens (tertiary/aromatic N) is 1. The minimum atomic E-state index is 0.0523. The van der Waals surface area contributed by atoms with E-state index in [1.165, 1.54) is 11.1 Å². The second kappa shape index (κ2) is 6.53. The summed E-state index contributed by atoms with van der Waals surface area (Å²) in [5.41, 5.74) is 9.23. The van der Waals surface area contributed by atoms with Gasteiger partial charge < -0.3 is 10.6 Å². The molecule has 0 heterocycles. The van der Waals surface area contributed by atoms with Crippen LogP contribution in [0.2, 0.25) is 0 Å². The summed E-state index contributed by atoms with van der Waals surface area (Å²) in [7, 11) is 4.23. The maximum Gasteiger partial charge on any atom is 0.0326 e. The lowest BCUT2D eigenvalue weighted by Crippen LogP contribution is -2.55. The summed E-state index contributed by atoms with van der Waals surface area (Å²) < 4.78 is 0. The molecule has 1 rings (SSSR count). The number of rotatable bonds is 6. The zero-order valence-corrected chi connectivity index (χ0v) is 13.4. The van der Waals surface area contributed by atoms with E-state index in [2.05, 4.69) is 71.0 Å². The monoisotopic (exact) mass is 262 g/mol. The van der Waals surface area contributed by atoms with E-state index >= 15 is 0 Å². The fourth-order valence-corrected chi connectivity index (χ4v) is 2.42. The third kappa shape index (κ3) is 3.80. The first-order valence-electron chi connectivity index (χ1n) is 7.33. The van der Waals surface area contributed by atoms with Gasteiger partial charge in [-0.05, 0) is 50.9 Å². The van der Waals surface area contributed by atoms with Crippen LogP contribution in [-0.2, 0) is 6.42 Å². The van der Waals surface area contributed by atoms with Crippen molar-refractivity contribution in [2.45, 2.75) is 58.0 Å². The van der Waals surface area contributed by atoms with Crippen molar-refractivity contribution in [2.24, 2.45) is 5.73 Å². The molecule has 1 aromatic carbocycles. The van der Waals surface area contributed by atoms with Crippen LogP contribution in [0.5, 0.6) is 0 Å². The highest BCUT2D eigenvalue weighted by Crippen LogP contribution is 2.23. The Hall–Kier alpha value is -0.860. The summed E-state index contributed by atoms with van der Waals surface area (Å²) in [6, 6.07) is 9.05. The van der Waals surface area contributed by atoms with E-state index in [1.54, 1.807) is 0 Å². The summed E-state index contributed by atoms with van der Waals surface area (Å²) in [5.74, 6) is 0.588. The molecule has 2 N–H and O–H groups in total. The van der Waals surface area contributed by atoms with Crippen molar-refractivity contribution in [3.8, 4) is 0 Å². The lowest BCUT2D eigenvalue weighted by molar-refractivity contribution is 0.131. The van der Waals surface area contributed by atoms with Gasteiger partial charge in [0.2, 0.25) is 0 Å². The molecule has 0 saturated heterocycles. The van der Waals surface area contributed by atoms with Crippen LogP contribution in [0.15, 0.2) is 24.3 Å². The van der Waals surface area contributed by atoms with E-state index in [4.69, 9.17) is 5.73 Å². The van der Waals surface area contributed by atoms with Crippen LogP contribution in [0, 0.1) is 0 Å². The van der Waals surface area contributed by atoms with Gasteiger partial charge in [-0.2, -0.15) is 0 Å². The van der Waals surface area contributed by atoms with Gasteiger partial charge in [0, 0.05) is 11.6 Å². The zero-order chi connectivity index (χ0) is 14.6. The molecule has 1 aromatic rings. The van der Waals surface area contributed by atoms with E-state index in [1.807, 2.05) is 0 Å². The van der Waals surface area contributed by atoms with E-state index in [0.29, 0.717) is 5.92 Å². The minimum absolute atomic E-state index is 0.0523. The minimum Gasteiger partial charge on any atom is -0.326 e. The van der Waals surface area contributed by atoms with Gasteiger partial charge in [-0.25, -0.2) is 0 Å². The van der Waals surface area contributed by atoms with Crippen molar-refractivity contribution in [3.05, 3.63) is 35.4 Å². The molecule has 0 aliphatic rings. The third-order valence-corrected chi connectivity index (χ3v) is 4.64. The van der Waals surface area contributed by atoms with Gasteiger partial charge in [-0.3, -0.25) is 0 Å². The zero-order valence-electron chi connectivity index (χ0n) is 13.4. The van der Waals surface area contributed by atoms with Crippen molar-refractivity contribution >= 4 is 0 Å². The smallest absolute Gasteiger partial charge is 0.0326 e. The van der Waals surface area contributed by atoms with Crippen LogP contribution in [-0.4, -0.2) is 30.6 Å². The highest BCUT2D eigenvalue weighted by Gasteiger charge is 2.31. The molecule has 2 unspecified atom stereocenters. The molecule has 0 saturated carbocycles. The number of nitrogens with two attached hydrogens (primary N) is 1. The van der Waals surface area contributed by atoms with Crippen LogP contribution in [0.4, 0.5) is 0 Å². The number of hydrogen-bond acceptors (Lipinski definition) is 2. The standard InChI is InChI=1S/C17H30N2/c1-7-17(4,19(5)6)16(18)12-14-8-10-15(11-9-14)13(2)3/h8-11,13,16H,7,12,18H2,1-6H3. The molecule has 108 valence electrons. The second-order valence-electron chi connectivity index (χ2n) is 6.31. The second-order valence-corrected chi connectivity index (χ2v) is 6.31. The Morgan fingerprint density at radius 2 is 1.68 bits per heavy atom. The average Bonchev–Trinajstić information content (AvgIpc) is 2.37. The molecule has 0 aliphatic heterocycles. The van der Waals surface area contributed by atoms with Crippen molar-refractivity contribution in [1.82, 2.24) is 4.90 Å². The average molecular weight is 262 g/mol. The Bertz CT molecular complexity index is 381. The summed E-state index contributed by atoms with van der Waals surface area (Å²) in [4.78, 5) is 2.25. The number of benzene rings is 1. The third-order valence-electron chi connectivity index (χ3n) is 4.64. The quantitative estimate of drug-likeness (QED) is 0.851. The van der Waals surface area contributed by atoms with Gasteiger partial charge in [0.15, 0.2) is 0 Å². The van der Waals surface area contributed by atoms with Crippen molar-refractivity contribution < 1.29 is 0 Å². The molecule has 0 aliphatic carbocycles. The molecule has 0 aromatic heterocycles. The largest absolute Gasteiger partial charge is 0.326 e. The molecule has 0 spiro atoms. The fraction of sp³-hybridized carbons (Fsp3) is 0.647. The number of likely N-dealkylation sites (N-methyl/N-ethyl adjacent to an activating group) is 1. The van der Waals surface area contributed by atoms with Gasteiger partial charge in [0.1, 0.15) is 0 Å². The van der Waals surface area contributed by atoms with Crippen LogP contribution in [0.3, 0.4) is 0 Å². The van der Waals surface area contributed by atoms with Crippen molar-refractivity contribution in [3.63, 3.8) is 0 Å². The Labute approximate surface area is 119 Å². The maximum atomic E-state index is 6.45. The Kier molecular flexibility index (Phi) is 5.57. The Balaban J connectivity index is 2.78. The van der Waals surface area contributed by atoms with Crippen molar-refractivity contribution in [1.29, 1.82) is 0 Å². The molecule has 0 radical (unpaired) electrons. The lowest BCUT2D eigenvalue weighted by Gasteiger charge is -2.41. The fourth-order valence-electron chi connectivity index (χ4n) is 2.42. The van der Waals surface area contributed by atoms with Crippen LogP contribution in [0.1, 0.15) is 51.2 Å². The first-order chi connectivity index (χ1) is 8.81. The molecule has 0 amide bonds. The molecule has 0 fully saturated rings. The van der Waals surface area contributed by atoms with E-state index in [-0.39, 0.29) is 11.6 Å². The predicted molar refractivity (Wildman–Crippen MR) is 84.6 cm³/mol.